The fourth-order valence-electron chi connectivity index (χ4n) is 3.51. The first-order valence-corrected chi connectivity index (χ1v) is 10.7. The summed E-state index contributed by atoms with van der Waals surface area (Å²) in [6, 6.07) is 17.8. The quantitative estimate of drug-likeness (QED) is 0.391. The molecule has 1 heterocycles. The van der Waals surface area contributed by atoms with Crippen LogP contribution in [0.1, 0.15) is 16.8 Å². The summed E-state index contributed by atoms with van der Waals surface area (Å²) in [4.78, 5) is 50.6. The Morgan fingerprint density at radius 3 is 2.36 bits per heavy atom. The number of anilines is 3. The van der Waals surface area contributed by atoms with Gasteiger partial charge in [-0.2, -0.15) is 0 Å². The summed E-state index contributed by atoms with van der Waals surface area (Å²) in [6.45, 7) is 0. The van der Waals surface area contributed by atoms with Crippen molar-refractivity contribution in [2.24, 2.45) is 0 Å². The van der Waals surface area contributed by atoms with Gasteiger partial charge in [0.1, 0.15) is 6.04 Å². The minimum atomic E-state index is -1.09. The number of hydrogen-bond acceptors (Lipinski definition) is 5. The van der Waals surface area contributed by atoms with Crippen molar-refractivity contribution in [3.05, 3.63) is 92.9 Å². The number of carbonyl (C=O) groups excluding carboxylic acids is 3. The second kappa shape index (κ2) is 9.21. The van der Waals surface area contributed by atoms with Gasteiger partial charge in [0.05, 0.1) is 22.7 Å². The van der Waals surface area contributed by atoms with Gasteiger partial charge < -0.3 is 10.6 Å². The lowest BCUT2D eigenvalue weighted by Gasteiger charge is -2.36. The summed E-state index contributed by atoms with van der Waals surface area (Å²) >= 11 is 3.34. The van der Waals surface area contributed by atoms with E-state index in [9.17, 15) is 24.5 Å². The van der Waals surface area contributed by atoms with Crippen molar-refractivity contribution in [3.8, 4) is 0 Å². The molecule has 0 spiro atoms. The van der Waals surface area contributed by atoms with Gasteiger partial charge in [0.25, 0.3) is 11.6 Å². The summed E-state index contributed by atoms with van der Waals surface area (Å²) in [5.41, 5.74) is 1.55. The topological polar surface area (TPSA) is 122 Å². The number of amides is 3. The molecule has 9 nitrogen and oxygen atoms in total. The van der Waals surface area contributed by atoms with Crippen LogP contribution in [0.15, 0.2) is 77.3 Å². The van der Waals surface area contributed by atoms with Gasteiger partial charge in [-0.05, 0) is 48.5 Å². The lowest BCUT2D eigenvalue weighted by Crippen LogP contribution is -2.52. The van der Waals surface area contributed by atoms with E-state index in [1.807, 2.05) is 0 Å². The van der Waals surface area contributed by atoms with Crippen molar-refractivity contribution in [1.29, 1.82) is 0 Å². The molecule has 3 aromatic carbocycles. The third kappa shape index (κ3) is 4.75. The predicted molar refractivity (Wildman–Crippen MR) is 126 cm³/mol. The number of para-hydroxylation sites is 2. The van der Waals surface area contributed by atoms with Crippen molar-refractivity contribution in [2.75, 3.05) is 15.5 Å². The number of fused-ring (bicyclic) bond motifs is 1. The van der Waals surface area contributed by atoms with E-state index in [1.54, 1.807) is 48.5 Å². The van der Waals surface area contributed by atoms with Crippen molar-refractivity contribution in [1.82, 2.24) is 0 Å². The monoisotopic (exact) mass is 508 g/mol. The van der Waals surface area contributed by atoms with Gasteiger partial charge in [0.15, 0.2) is 0 Å². The lowest BCUT2D eigenvalue weighted by atomic mass is 10.0. The lowest BCUT2D eigenvalue weighted by molar-refractivity contribution is -0.384. The first-order valence-electron chi connectivity index (χ1n) is 9.87. The molecule has 0 saturated heterocycles. The minimum absolute atomic E-state index is 0.109. The third-order valence-electron chi connectivity index (χ3n) is 5.09. The molecule has 10 heteroatoms. The van der Waals surface area contributed by atoms with E-state index in [0.29, 0.717) is 22.6 Å². The predicted octanol–water partition coefficient (Wildman–Crippen LogP) is 4.35. The third-order valence-corrected chi connectivity index (χ3v) is 5.62. The number of non-ortho nitro benzene ring substituents is 1. The molecule has 33 heavy (non-hydrogen) atoms. The van der Waals surface area contributed by atoms with Crippen molar-refractivity contribution in [3.63, 3.8) is 0 Å². The van der Waals surface area contributed by atoms with Crippen LogP contribution in [0.4, 0.5) is 22.7 Å². The van der Waals surface area contributed by atoms with Crippen LogP contribution in [-0.2, 0) is 9.59 Å². The van der Waals surface area contributed by atoms with Gasteiger partial charge >= 0.3 is 0 Å². The molecule has 0 fully saturated rings. The normalized spacial score (nSPS) is 14.8. The Balaban J connectivity index is 1.61. The Morgan fingerprint density at radius 2 is 1.70 bits per heavy atom. The van der Waals surface area contributed by atoms with E-state index < -0.39 is 28.7 Å². The second-order valence-electron chi connectivity index (χ2n) is 7.26. The number of nitro groups is 1. The Kier molecular flexibility index (Phi) is 6.18. The molecule has 1 aliphatic rings. The first kappa shape index (κ1) is 22.2. The summed E-state index contributed by atoms with van der Waals surface area (Å²) in [5.74, 6) is -1.42. The van der Waals surface area contributed by atoms with E-state index in [0.717, 1.165) is 4.47 Å². The molecule has 0 aromatic heterocycles. The average molecular weight is 509 g/mol. The summed E-state index contributed by atoms with van der Waals surface area (Å²) in [5, 5.41) is 16.2. The number of rotatable bonds is 5. The molecular formula is C23H17BrN4O5. The highest BCUT2D eigenvalue weighted by molar-refractivity contribution is 9.10. The average Bonchev–Trinajstić information content (AvgIpc) is 2.80. The molecule has 0 saturated carbocycles. The molecule has 0 aliphatic carbocycles. The molecule has 2 N–H and O–H groups in total. The highest BCUT2D eigenvalue weighted by atomic mass is 79.9. The van der Waals surface area contributed by atoms with Gasteiger partial charge in [0, 0.05) is 27.9 Å². The van der Waals surface area contributed by atoms with E-state index in [1.165, 1.54) is 29.2 Å². The Hall–Kier alpha value is -4.05. The first-order chi connectivity index (χ1) is 15.8. The van der Waals surface area contributed by atoms with Crippen LogP contribution in [0, 0.1) is 10.1 Å². The second-order valence-corrected chi connectivity index (χ2v) is 8.18. The van der Waals surface area contributed by atoms with Gasteiger partial charge in [-0.3, -0.25) is 29.4 Å². The van der Waals surface area contributed by atoms with E-state index in [2.05, 4.69) is 26.6 Å². The highest BCUT2D eigenvalue weighted by Crippen LogP contribution is 2.34. The zero-order chi connectivity index (χ0) is 23.5. The van der Waals surface area contributed by atoms with Crippen LogP contribution < -0.4 is 15.5 Å². The van der Waals surface area contributed by atoms with Gasteiger partial charge in [0.2, 0.25) is 11.8 Å². The Labute approximate surface area is 196 Å². The van der Waals surface area contributed by atoms with Crippen molar-refractivity contribution >= 4 is 56.4 Å². The fourth-order valence-corrected chi connectivity index (χ4v) is 3.78. The molecule has 0 bridgehead atoms. The molecule has 3 amide bonds. The summed E-state index contributed by atoms with van der Waals surface area (Å²) < 4.78 is 0.801. The molecule has 4 rings (SSSR count). The van der Waals surface area contributed by atoms with Crippen molar-refractivity contribution in [2.45, 2.75) is 12.5 Å². The molecule has 0 unspecified atom stereocenters. The number of nitrogens with zero attached hydrogens (tertiary/aromatic N) is 2. The van der Waals surface area contributed by atoms with Crippen molar-refractivity contribution < 1.29 is 19.3 Å². The number of nitrogens with one attached hydrogen (secondary N) is 2. The maximum atomic E-state index is 13.4. The Bertz CT molecular complexity index is 1240. The van der Waals surface area contributed by atoms with E-state index >= 15 is 0 Å². The zero-order valence-electron chi connectivity index (χ0n) is 17.0. The Morgan fingerprint density at radius 1 is 1.03 bits per heavy atom. The highest BCUT2D eigenvalue weighted by Gasteiger charge is 2.38. The van der Waals surface area contributed by atoms with Crippen LogP contribution >= 0.6 is 15.9 Å². The number of hydrogen-bond donors (Lipinski definition) is 2. The van der Waals surface area contributed by atoms with Crippen LogP contribution in [0.3, 0.4) is 0 Å². The number of nitro benzene ring substituents is 1. The van der Waals surface area contributed by atoms with Gasteiger partial charge in [-0.25, -0.2) is 0 Å². The maximum absolute atomic E-state index is 13.4. The largest absolute Gasteiger partial charge is 0.326 e. The molecule has 166 valence electrons. The summed E-state index contributed by atoms with van der Waals surface area (Å²) in [7, 11) is 0. The van der Waals surface area contributed by atoms with E-state index in [4.69, 9.17) is 0 Å². The number of carbonyl (C=O) groups is 3. The van der Waals surface area contributed by atoms with E-state index in [-0.39, 0.29) is 12.1 Å². The smallest absolute Gasteiger partial charge is 0.269 e. The van der Waals surface area contributed by atoms with Crippen LogP contribution in [-0.4, -0.2) is 28.7 Å². The van der Waals surface area contributed by atoms with Crippen LogP contribution in [0.5, 0.6) is 0 Å². The molecular weight excluding hydrogens is 492 g/mol. The van der Waals surface area contributed by atoms with Gasteiger partial charge in [-0.1, -0.05) is 28.1 Å². The van der Waals surface area contributed by atoms with Crippen LogP contribution in [0.2, 0.25) is 0 Å². The SMILES string of the molecule is O=C(C[C@@H]1C(=O)Nc2ccccc2N1C(=O)c1ccc(Br)cc1)Nc1ccc([N+](=O)[O-])cc1. The standard InChI is InChI=1S/C23H17BrN4O5/c24-15-7-5-14(6-8-15)23(31)27-19-4-2-1-3-18(19)26-22(30)20(27)13-21(29)25-16-9-11-17(12-10-16)28(32)33/h1-12,20H,13H2,(H,25,29)(H,26,30)/t20-/m1/s1. The summed E-state index contributed by atoms with van der Waals surface area (Å²) in [6.07, 6.45) is -0.306. The van der Waals surface area contributed by atoms with Gasteiger partial charge in [-0.15, -0.1) is 0 Å². The molecule has 1 aliphatic heterocycles. The number of benzene rings is 3. The maximum Gasteiger partial charge on any atom is 0.269 e. The van der Waals surface area contributed by atoms with Crippen LogP contribution in [0.25, 0.3) is 0 Å². The molecule has 1 atom stereocenters. The fraction of sp³-hybridized carbons (Fsp3) is 0.0870. The molecule has 3 aromatic rings. The zero-order valence-corrected chi connectivity index (χ0v) is 18.6. The minimum Gasteiger partial charge on any atom is -0.326 e. The number of halogens is 1. The molecule has 0 radical (unpaired) electrons.